The van der Waals surface area contributed by atoms with Crippen molar-refractivity contribution in [2.45, 2.75) is 45.6 Å². The summed E-state index contributed by atoms with van der Waals surface area (Å²) in [7, 11) is 1.60. The average molecular weight is 361 g/mol. The molecule has 6 heteroatoms. The van der Waals surface area contributed by atoms with Gasteiger partial charge in [-0.15, -0.1) is 0 Å². The highest BCUT2D eigenvalue weighted by atomic mass is 19.1. The highest BCUT2D eigenvalue weighted by Crippen LogP contribution is 2.47. The SMILES string of the molecule is CN1C(=O)C(C)(C)[C@@](C)(c2cc(CC3CCCOC3)ccc2F)N=C1N. The second-order valence-corrected chi connectivity index (χ2v) is 8.13. The monoisotopic (exact) mass is 361 g/mol. The fourth-order valence-corrected chi connectivity index (χ4v) is 3.95. The number of ether oxygens (including phenoxy) is 1. The van der Waals surface area contributed by atoms with Crippen molar-refractivity contribution in [3.05, 3.63) is 35.1 Å². The van der Waals surface area contributed by atoms with Gasteiger partial charge in [0.05, 0.1) is 5.41 Å². The number of halogens is 1. The summed E-state index contributed by atoms with van der Waals surface area (Å²) >= 11 is 0. The van der Waals surface area contributed by atoms with Gasteiger partial charge < -0.3 is 10.5 Å². The van der Waals surface area contributed by atoms with Gasteiger partial charge in [-0.1, -0.05) is 12.1 Å². The lowest BCUT2D eigenvalue weighted by molar-refractivity contribution is -0.140. The maximum Gasteiger partial charge on any atom is 0.237 e. The van der Waals surface area contributed by atoms with E-state index in [9.17, 15) is 9.18 Å². The van der Waals surface area contributed by atoms with E-state index in [0.29, 0.717) is 11.5 Å². The largest absolute Gasteiger partial charge is 0.381 e. The van der Waals surface area contributed by atoms with Gasteiger partial charge in [-0.05, 0) is 57.6 Å². The Hall–Kier alpha value is -1.95. The summed E-state index contributed by atoms with van der Waals surface area (Å²) in [5.41, 5.74) is 5.43. The lowest BCUT2D eigenvalue weighted by Gasteiger charge is -2.46. The second-order valence-electron chi connectivity index (χ2n) is 8.13. The van der Waals surface area contributed by atoms with E-state index in [-0.39, 0.29) is 17.7 Å². The second kappa shape index (κ2) is 6.65. The van der Waals surface area contributed by atoms with Gasteiger partial charge in [0.1, 0.15) is 11.4 Å². The molecule has 1 fully saturated rings. The quantitative estimate of drug-likeness (QED) is 0.900. The number of carbonyl (C=O) groups is 1. The van der Waals surface area contributed by atoms with Crippen LogP contribution >= 0.6 is 0 Å². The molecule has 3 rings (SSSR count). The van der Waals surface area contributed by atoms with Crippen molar-refractivity contribution >= 4 is 11.9 Å². The molecule has 0 saturated carbocycles. The van der Waals surface area contributed by atoms with Gasteiger partial charge in [0.25, 0.3) is 0 Å². The summed E-state index contributed by atoms with van der Waals surface area (Å²) in [6, 6.07) is 5.14. The Morgan fingerprint density at radius 2 is 2.12 bits per heavy atom. The zero-order valence-electron chi connectivity index (χ0n) is 16.0. The van der Waals surface area contributed by atoms with Crippen LogP contribution in [0.4, 0.5) is 4.39 Å². The standard InChI is InChI=1S/C20H28FN3O2/c1-19(2)17(25)24(4)18(22)23-20(19,3)15-11-13(7-8-16(15)21)10-14-6-5-9-26-12-14/h7-8,11,14H,5-6,9-10,12H2,1-4H3,(H2,22,23)/t14?,20-/m1/s1. The number of rotatable bonds is 3. The molecule has 0 aromatic heterocycles. The molecule has 0 aliphatic carbocycles. The first-order valence-electron chi connectivity index (χ1n) is 9.17. The van der Waals surface area contributed by atoms with Crippen molar-refractivity contribution in [3.8, 4) is 0 Å². The van der Waals surface area contributed by atoms with E-state index in [1.54, 1.807) is 27.8 Å². The zero-order chi connectivity index (χ0) is 19.1. The maximum atomic E-state index is 14.8. The molecule has 1 aromatic rings. The summed E-state index contributed by atoms with van der Waals surface area (Å²) in [5.74, 6) is 0.0222. The van der Waals surface area contributed by atoms with Crippen molar-refractivity contribution in [1.82, 2.24) is 4.90 Å². The third-order valence-electron chi connectivity index (χ3n) is 6.07. The number of hydrogen-bond donors (Lipinski definition) is 1. The third kappa shape index (κ3) is 3.00. The minimum Gasteiger partial charge on any atom is -0.381 e. The van der Waals surface area contributed by atoms with Gasteiger partial charge in [-0.2, -0.15) is 0 Å². The Labute approximate surface area is 154 Å². The average Bonchev–Trinajstić information content (AvgIpc) is 2.61. The molecule has 1 aromatic carbocycles. The first kappa shape index (κ1) is 18.8. The number of nitrogens with two attached hydrogens (primary N) is 1. The van der Waals surface area contributed by atoms with E-state index in [1.807, 2.05) is 12.1 Å². The molecule has 5 nitrogen and oxygen atoms in total. The van der Waals surface area contributed by atoms with Crippen LogP contribution in [0.5, 0.6) is 0 Å². The van der Waals surface area contributed by atoms with E-state index in [4.69, 9.17) is 10.5 Å². The number of benzene rings is 1. The first-order valence-corrected chi connectivity index (χ1v) is 9.17. The van der Waals surface area contributed by atoms with Gasteiger partial charge in [0.2, 0.25) is 5.91 Å². The lowest BCUT2D eigenvalue weighted by atomic mass is 9.67. The lowest BCUT2D eigenvalue weighted by Crippen LogP contribution is -2.58. The summed E-state index contributed by atoms with van der Waals surface area (Å²) in [4.78, 5) is 18.7. The van der Waals surface area contributed by atoms with Crippen LogP contribution in [0.15, 0.2) is 23.2 Å². The summed E-state index contributed by atoms with van der Waals surface area (Å²) in [6.45, 7) is 6.94. The highest BCUT2D eigenvalue weighted by molar-refractivity contribution is 6.01. The fourth-order valence-electron chi connectivity index (χ4n) is 3.95. The molecule has 1 amide bonds. The van der Waals surface area contributed by atoms with Gasteiger partial charge in [-0.3, -0.25) is 9.69 Å². The molecule has 1 saturated heterocycles. The van der Waals surface area contributed by atoms with Crippen LogP contribution < -0.4 is 5.73 Å². The van der Waals surface area contributed by atoms with Gasteiger partial charge in [0, 0.05) is 25.8 Å². The molecule has 2 aliphatic heterocycles. The van der Waals surface area contributed by atoms with Crippen molar-refractivity contribution in [2.75, 3.05) is 20.3 Å². The molecule has 0 radical (unpaired) electrons. The summed E-state index contributed by atoms with van der Waals surface area (Å²) in [6.07, 6.45) is 3.01. The van der Waals surface area contributed by atoms with Crippen LogP contribution in [0, 0.1) is 17.2 Å². The number of guanidine groups is 1. The zero-order valence-corrected chi connectivity index (χ0v) is 16.0. The van der Waals surface area contributed by atoms with Gasteiger partial charge in [0.15, 0.2) is 5.96 Å². The molecule has 2 atom stereocenters. The Balaban J connectivity index is 2.01. The summed E-state index contributed by atoms with van der Waals surface area (Å²) < 4.78 is 20.4. The third-order valence-corrected chi connectivity index (χ3v) is 6.07. The number of aliphatic imine (C=N–C) groups is 1. The molecule has 0 bridgehead atoms. The molecule has 2 aliphatic rings. The summed E-state index contributed by atoms with van der Waals surface area (Å²) in [5, 5.41) is 0. The van der Waals surface area contributed by atoms with E-state index in [2.05, 4.69) is 4.99 Å². The van der Waals surface area contributed by atoms with Crippen molar-refractivity contribution in [2.24, 2.45) is 22.1 Å². The molecule has 142 valence electrons. The normalized spacial score (nSPS) is 28.8. The highest BCUT2D eigenvalue weighted by Gasteiger charge is 2.53. The number of amides is 1. The van der Waals surface area contributed by atoms with Crippen LogP contribution in [0.25, 0.3) is 0 Å². The van der Waals surface area contributed by atoms with E-state index < -0.39 is 11.0 Å². The van der Waals surface area contributed by atoms with Crippen molar-refractivity contribution in [1.29, 1.82) is 0 Å². The first-order chi connectivity index (χ1) is 12.2. The molecule has 0 spiro atoms. The Kier molecular flexibility index (Phi) is 4.82. The predicted octanol–water partition coefficient (Wildman–Crippen LogP) is 2.82. The number of hydrogen-bond acceptors (Lipinski definition) is 4. The van der Waals surface area contributed by atoms with Crippen LogP contribution in [-0.2, 0) is 21.5 Å². The van der Waals surface area contributed by atoms with Crippen molar-refractivity contribution < 1.29 is 13.9 Å². The van der Waals surface area contributed by atoms with Crippen LogP contribution in [-0.4, -0.2) is 37.0 Å². The number of nitrogens with zero attached hydrogens (tertiary/aromatic N) is 2. The Bertz CT molecular complexity index is 741. The van der Waals surface area contributed by atoms with Crippen LogP contribution in [0.1, 0.15) is 44.7 Å². The molecular formula is C20H28FN3O2. The Morgan fingerprint density at radius 3 is 2.77 bits per heavy atom. The fraction of sp³-hybridized carbons (Fsp3) is 0.600. The molecule has 26 heavy (non-hydrogen) atoms. The van der Waals surface area contributed by atoms with Crippen LogP contribution in [0.2, 0.25) is 0 Å². The topological polar surface area (TPSA) is 67.9 Å². The smallest absolute Gasteiger partial charge is 0.237 e. The van der Waals surface area contributed by atoms with E-state index >= 15 is 0 Å². The predicted molar refractivity (Wildman–Crippen MR) is 99.2 cm³/mol. The minimum atomic E-state index is -1.07. The van der Waals surface area contributed by atoms with Crippen molar-refractivity contribution in [3.63, 3.8) is 0 Å². The molecule has 2 heterocycles. The van der Waals surface area contributed by atoms with Crippen LogP contribution in [0.3, 0.4) is 0 Å². The number of carbonyl (C=O) groups excluding carboxylic acids is 1. The van der Waals surface area contributed by atoms with Gasteiger partial charge in [-0.25, -0.2) is 9.38 Å². The van der Waals surface area contributed by atoms with Gasteiger partial charge >= 0.3 is 0 Å². The van der Waals surface area contributed by atoms with E-state index in [1.165, 1.54) is 11.0 Å². The molecular weight excluding hydrogens is 333 g/mol. The molecule has 1 unspecified atom stereocenters. The maximum absolute atomic E-state index is 14.8. The Morgan fingerprint density at radius 1 is 1.38 bits per heavy atom. The molecule has 2 N–H and O–H groups in total. The van der Waals surface area contributed by atoms with E-state index in [0.717, 1.165) is 38.0 Å². The minimum absolute atomic E-state index is 0.113.